The Morgan fingerprint density at radius 2 is 1.80 bits per heavy atom. The second kappa shape index (κ2) is 13.9. The number of methoxy groups -OCH3 is 1. The number of hydrogen-bond donors (Lipinski definition) is 1. The topological polar surface area (TPSA) is 94.6 Å². The summed E-state index contributed by atoms with van der Waals surface area (Å²) in [5.74, 6) is -0.659. The molecule has 0 saturated heterocycles. The lowest BCUT2D eigenvalue weighted by atomic mass is 9.92. The zero-order valence-corrected chi connectivity index (χ0v) is 24.6. The van der Waals surface area contributed by atoms with Crippen LogP contribution in [0.5, 0.6) is 0 Å². The Kier molecular flexibility index (Phi) is 10.7. The van der Waals surface area contributed by atoms with Gasteiger partial charge in [0.15, 0.2) is 0 Å². The van der Waals surface area contributed by atoms with E-state index in [9.17, 15) is 14.4 Å². The minimum Gasteiger partial charge on any atom is -0.467 e. The van der Waals surface area contributed by atoms with E-state index in [4.69, 9.17) is 9.47 Å². The first kappa shape index (κ1) is 30.6. The third kappa shape index (κ3) is 8.29. The largest absolute Gasteiger partial charge is 0.467 e. The normalized spacial score (nSPS) is 12.4. The molecule has 1 heterocycles. The third-order valence-corrected chi connectivity index (χ3v) is 6.67. The van der Waals surface area contributed by atoms with Crippen molar-refractivity contribution >= 4 is 41.3 Å². The van der Waals surface area contributed by atoms with Crippen LogP contribution in [-0.4, -0.2) is 53.6 Å². The van der Waals surface area contributed by atoms with E-state index in [1.54, 1.807) is 54.5 Å². The molecule has 1 atom stereocenters. The molecule has 0 unspecified atom stereocenters. The lowest BCUT2D eigenvalue weighted by Crippen LogP contribution is -2.42. The van der Waals surface area contributed by atoms with Gasteiger partial charge in [-0.25, -0.2) is 9.59 Å². The third-order valence-electron chi connectivity index (χ3n) is 6.03. The summed E-state index contributed by atoms with van der Waals surface area (Å²) in [6.45, 7) is 7.42. The Bertz CT molecular complexity index is 1380. The highest BCUT2D eigenvalue weighted by molar-refractivity contribution is 7.98. The smallest absolute Gasteiger partial charge is 0.339 e. The molecule has 3 aromatic rings. The van der Waals surface area contributed by atoms with Crippen molar-refractivity contribution in [2.75, 3.05) is 19.1 Å². The summed E-state index contributed by atoms with van der Waals surface area (Å²) >= 11 is 1.59. The van der Waals surface area contributed by atoms with Crippen molar-refractivity contribution in [2.45, 2.75) is 45.8 Å². The van der Waals surface area contributed by atoms with Crippen molar-refractivity contribution in [1.29, 1.82) is 0 Å². The number of aromatic nitrogens is 1. The summed E-state index contributed by atoms with van der Waals surface area (Å²) in [5, 5.41) is 2.85. The van der Waals surface area contributed by atoms with Crippen LogP contribution in [0.4, 0.5) is 0 Å². The molecular weight excluding hydrogens is 524 g/mol. The standard InChI is InChI=1S/C32H36N2O5S/c1-21-10-7-8-12-24(21)27-19-22(13-14-25(27)29(35)34-28(15-17-40-6)31(37)38-5)18-26(23-11-9-16-33-20-23)30(36)39-32(2,3)4/h7-14,16,18-20,28H,15,17H2,1-6H3,(H,34,35)/t28-/m0/s1. The summed E-state index contributed by atoms with van der Waals surface area (Å²) in [7, 11) is 1.31. The molecule has 1 amide bonds. The first-order valence-electron chi connectivity index (χ1n) is 13.0. The molecule has 7 nitrogen and oxygen atoms in total. The van der Waals surface area contributed by atoms with Crippen molar-refractivity contribution < 1.29 is 23.9 Å². The van der Waals surface area contributed by atoms with Crippen molar-refractivity contribution in [3.8, 4) is 11.1 Å². The van der Waals surface area contributed by atoms with Gasteiger partial charge in [0, 0.05) is 23.5 Å². The van der Waals surface area contributed by atoms with Crippen molar-refractivity contribution in [3.05, 3.63) is 89.2 Å². The fourth-order valence-corrected chi connectivity index (χ4v) is 4.56. The van der Waals surface area contributed by atoms with E-state index in [0.717, 1.165) is 11.1 Å². The minimum absolute atomic E-state index is 0.346. The van der Waals surface area contributed by atoms with Crippen LogP contribution in [0.15, 0.2) is 67.0 Å². The van der Waals surface area contributed by atoms with Crippen molar-refractivity contribution in [3.63, 3.8) is 0 Å². The number of rotatable bonds is 10. The Hall–Kier alpha value is -3.91. The van der Waals surface area contributed by atoms with E-state index in [1.165, 1.54) is 7.11 Å². The average Bonchev–Trinajstić information content (AvgIpc) is 2.93. The molecular formula is C32H36N2O5S. The van der Waals surface area contributed by atoms with E-state index in [1.807, 2.05) is 64.3 Å². The highest BCUT2D eigenvalue weighted by atomic mass is 32.2. The molecule has 8 heteroatoms. The summed E-state index contributed by atoms with van der Waals surface area (Å²) in [4.78, 5) is 43.3. The number of hydrogen-bond acceptors (Lipinski definition) is 7. The lowest BCUT2D eigenvalue weighted by Gasteiger charge is -2.21. The number of pyridine rings is 1. The monoisotopic (exact) mass is 560 g/mol. The van der Waals surface area contributed by atoms with Crippen LogP contribution in [0.1, 0.15) is 54.2 Å². The SMILES string of the molecule is COC(=O)[C@H](CCSC)NC(=O)c1ccc(C=C(C(=O)OC(C)(C)C)c2cccnc2)cc1-c1ccccc1C. The molecule has 0 radical (unpaired) electrons. The second-order valence-electron chi connectivity index (χ2n) is 10.3. The number of carbonyl (C=O) groups excluding carboxylic acids is 3. The van der Waals surface area contributed by atoms with Gasteiger partial charge in [0.1, 0.15) is 11.6 Å². The molecule has 0 aliphatic heterocycles. The summed E-state index contributed by atoms with van der Waals surface area (Å²) in [5.41, 5.74) is 3.90. The van der Waals surface area contributed by atoms with Crippen LogP contribution in [-0.2, 0) is 19.1 Å². The quantitative estimate of drug-likeness (QED) is 0.241. The maximum absolute atomic E-state index is 13.5. The van der Waals surface area contributed by atoms with Crippen LogP contribution >= 0.6 is 11.8 Å². The van der Waals surface area contributed by atoms with Crippen LogP contribution in [0, 0.1) is 6.92 Å². The molecule has 3 rings (SSSR count). The Labute approximate surface area is 240 Å². The molecule has 0 spiro atoms. The summed E-state index contributed by atoms with van der Waals surface area (Å²) in [6.07, 6.45) is 7.38. The molecule has 1 N–H and O–H groups in total. The van der Waals surface area contributed by atoms with Crippen molar-refractivity contribution in [2.24, 2.45) is 0 Å². The molecule has 40 heavy (non-hydrogen) atoms. The summed E-state index contributed by atoms with van der Waals surface area (Å²) in [6, 6.07) is 15.9. The molecule has 0 aliphatic carbocycles. The number of nitrogens with zero attached hydrogens (tertiary/aromatic N) is 1. The molecule has 1 aromatic heterocycles. The Morgan fingerprint density at radius 3 is 2.42 bits per heavy atom. The number of thioether (sulfide) groups is 1. The minimum atomic E-state index is -0.765. The number of carbonyl (C=O) groups is 3. The maximum atomic E-state index is 13.5. The molecule has 0 fully saturated rings. The first-order valence-corrected chi connectivity index (χ1v) is 14.4. The first-order chi connectivity index (χ1) is 19.0. The van der Waals surface area contributed by atoms with E-state index in [0.29, 0.717) is 40.0 Å². The molecule has 0 saturated carbocycles. The van der Waals surface area contributed by atoms with Gasteiger partial charge < -0.3 is 14.8 Å². The van der Waals surface area contributed by atoms with E-state index < -0.39 is 23.6 Å². The maximum Gasteiger partial charge on any atom is 0.339 e. The van der Waals surface area contributed by atoms with Crippen LogP contribution in [0.2, 0.25) is 0 Å². The van der Waals surface area contributed by atoms with Gasteiger partial charge in [-0.3, -0.25) is 9.78 Å². The number of aryl methyl sites for hydroxylation is 1. The summed E-state index contributed by atoms with van der Waals surface area (Å²) < 4.78 is 10.6. The number of ether oxygens (including phenoxy) is 2. The predicted octanol–water partition coefficient (Wildman–Crippen LogP) is 5.96. The second-order valence-corrected chi connectivity index (χ2v) is 11.2. The van der Waals surface area contributed by atoms with E-state index in [-0.39, 0.29) is 5.91 Å². The van der Waals surface area contributed by atoms with Gasteiger partial charge in [0.05, 0.1) is 12.7 Å². The number of amides is 1. The molecule has 2 aromatic carbocycles. The fourth-order valence-electron chi connectivity index (χ4n) is 4.09. The predicted molar refractivity (Wildman–Crippen MR) is 161 cm³/mol. The lowest BCUT2D eigenvalue weighted by molar-refractivity contribution is -0.147. The number of nitrogens with one attached hydrogen (secondary N) is 1. The number of benzene rings is 2. The highest BCUT2D eigenvalue weighted by Crippen LogP contribution is 2.30. The van der Waals surface area contributed by atoms with Gasteiger partial charge >= 0.3 is 11.9 Å². The van der Waals surface area contributed by atoms with Crippen LogP contribution < -0.4 is 5.32 Å². The van der Waals surface area contributed by atoms with Crippen LogP contribution in [0.3, 0.4) is 0 Å². The van der Waals surface area contributed by atoms with Gasteiger partial charge in [-0.1, -0.05) is 36.4 Å². The van der Waals surface area contributed by atoms with Gasteiger partial charge in [0.25, 0.3) is 5.91 Å². The van der Waals surface area contributed by atoms with Gasteiger partial charge in [-0.05, 0) is 92.7 Å². The van der Waals surface area contributed by atoms with E-state index in [2.05, 4.69) is 10.3 Å². The van der Waals surface area contributed by atoms with E-state index >= 15 is 0 Å². The molecule has 210 valence electrons. The van der Waals surface area contributed by atoms with Crippen molar-refractivity contribution in [1.82, 2.24) is 10.3 Å². The molecule has 0 aliphatic rings. The highest BCUT2D eigenvalue weighted by Gasteiger charge is 2.25. The fraction of sp³-hybridized carbons (Fsp3) is 0.312. The van der Waals surface area contributed by atoms with Gasteiger partial charge in [0.2, 0.25) is 0 Å². The molecule has 0 bridgehead atoms. The Morgan fingerprint density at radius 1 is 1.05 bits per heavy atom. The van der Waals surface area contributed by atoms with Crippen LogP contribution in [0.25, 0.3) is 22.8 Å². The number of esters is 2. The van der Waals surface area contributed by atoms with Gasteiger partial charge in [-0.2, -0.15) is 11.8 Å². The van der Waals surface area contributed by atoms with Gasteiger partial charge in [-0.15, -0.1) is 0 Å². The Balaban J connectivity index is 2.12. The average molecular weight is 561 g/mol. The zero-order valence-electron chi connectivity index (χ0n) is 23.8. The zero-order chi connectivity index (χ0) is 29.3.